The van der Waals surface area contributed by atoms with Crippen molar-refractivity contribution in [3.05, 3.63) is 34.9 Å². The predicted octanol–water partition coefficient (Wildman–Crippen LogP) is 2.59. The monoisotopic (exact) mass is 563 g/mol. The normalized spacial score (nSPS) is 19.7. The Bertz CT molecular complexity index is 719. The zero-order valence-electron chi connectivity index (χ0n) is 18.5. The van der Waals surface area contributed by atoms with E-state index in [4.69, 9.17) is 11.6 Å². The summed E-state index contributed by atoms with van der Waals surface area (Å²) in [5, 5.41) is 14.4. The van der Waals surface area contributed by atoms with Gasteiger partial charge in [0.15, 0.2) is 5.96 Å². The third kappa shape index (κ3) is 7.20. The lowest BCUT2D eigenvalue weighted by molar-refractivity contribution is -0.135. The molecule has 31 heavy (non-hydrogen) atoms. The van der Waals surface area contributed by atoms with Gasteiger partial charge in [0.2, 0.25) is 5.91 Å². The van der Waals surface area contributed by atoms with Crippen molar-refractivity contribution in [3.8, 4) is 0 Å². The van der Waals surface area contributed by atoms with Crippen LogP contribution in [-0.4, -0.2) is 90.1 Å². The molecular weight excluding hydrogens is 529 g/mol. The predicted molar refractivity (Wildman–Crippen MR) is 136 cm³/mol. The minimum absolute atomic E-state index is 0. The summed E-state index contributed by atoms with van der Waals surface area (Å²) in [6.45, 7) is 10.2. The number of likely N-dealkylation sites (tertiary alicyclic amines) is 1. The Morgan fingerprint density at radius 1 is 1.10 bits per heavy atom. The van der Waals surface area contributed by atoms with Crippen LogP contribution in [0.1, 0.15) is 38.4 Å². The van der Waals surface area contributed by atoms with E-state index >= 15 is 0 Å². The molecule has 1 amide bonds. The number of carbonyl (C=O) groups is 1. The minimum Gasteiger partial charge on any atom is -0.386 e. The second-order valence-corrected chi connectivity index (χ2v) is 8.43. The van der Waals surface area contributed by atoms with Crippen LogP contribution in [0.15, 0.2) is 29.3 Å². The Labute approximate surface area is 207 Å². The van der Waals surface area contributed by atoms with Gasteiger partial charge in [0, 0.05) is 50.8 Å². The van der Waals surface area contributed by atoms with Gasteiger partial charge in [-0.05, 0) is 44.4 Å². The second kappa shape index (κ2) is 12.8. The fourth-order valence-electron chi connectivity index (χ4n) is 4.07. The number of aliphatic hydroxyl groups is 1. The van der Waals surface area contributed by atoms with Crippen molar-refractivity contribution in [1.29, 1.82) is 0 Å². The molecule has 0 bridgehead atoms. The third-order valence-electron chi connectivity index (χ3n) is 5.94. The molecule has 2 aliphatic heterocycles. The minimum atomic E-state index is -0.671. The SMILES string of the molecule is CCNC(=NCC(O)c1ccc(Cl)cc1)N1CCN(C(C)C(=O)N2CCCC2)CC1.I. The Kier molecular flexibility index (Phi) is 10.8. The number of rotatable bonds is 6. The number of nitrogens with zero attached hydrogens (tertiary/aromatic N) is 4. The van der Waals surface area contributed by atoms with Crippen LogP contribution in [-0.2, 0) is 4.79 Å². The van der Waals surface area contributed by atoms with Crippen LogP contribution in [0.5, 0.6) is 0 Å². The third-order valence-corrected chi connectivity index (χ3v) is 6.19. The van der Waals surface area contributed by atoms with Gasteiger partial charge in [-0.25, -0.2) is 0 Å². The maximum atomic E-state index is 12.7. The molecule has 9 heteroatoms. The van der Waals surface area contributed by atoms with E-state index in [1.807, 2.05) is 30.9 Å². The summed E-state index contributed by atoms with van der Waals surface area (Å²) in [4.78, 5) is 23.8. The summed E-state index contributed by atoms with van der Waals surface area (Å²) in [5.74, 6) is 1.07. The van der Waals surface area contributed by atoms with E-state index in [1.54, 1.807) is 12.1 Å². The lowest BCUT2D eigenvalue weighted by Crippen LogP contribution is -2.57. The quantitative estimate of drug-likeness (QED) is 0.316. The summed E-state index contributed by atoms with van der Waals surface area (Å²) < 4.78 is 0. The van der Waals surface area contributed by atoms with Gasteiger partial charge in [-0.1, -0.05) is 23.7 Å². The largest absolute Gasteiger partial charge is 0.386 e. The van der Waals surface area contributed by atoms with Gasteiger partial charge in [0.1, 0.15) is 0 Å². The van der Waals surface area contributed by atoms with E-state index < -0.39 is 6.10 Å². The van der Waals surface area contributed by atoms with Crippen molar-refractivity contribution in [2.75, 3.05) is 52.4 Å². The van der Waals surface area contributed by atoms with E-state index in [0.717, 1.165) is 70.2 Å². The smallest absolute Gasteiger partial charge is 0.239 e. The number of nitrogens with one attached hydrogen (secondary N) is 1. The molecule has 3 rings (SSSR count). The highest BCUT2D eigenvalue weighted by Crippen LogP contribution is 2.17. The number of aliphatic hydroxyl groups excluding tert-OH is 1. The number of carbonyl (C=O) groups excluding carboxylic acids is 1. The van der Waals surface area contributed by atoms with Crippen LogP contribution in [0.2, 0.25) is 5.02 Å². The Balaban J connectivity index is 0.00000341. The van der Waals surface area contributed by atoms with Gasteiger partial charge in [0.05, 0.1) is 18.7 Å². The van der Waals surface area contributed by atoms with Crippen LogP contribution in [0.25, 0.3) is 0 Å². The second-order valence-electron chi connectivity index (χ2n) is 7.99. The zero-order valence-corrected chi connectivity index (χ0v) is 21.6. The lowest BCUT2D eigenvalue weighted by Gasteiger charge is -2.39. The molecule has 2 fully saturated rings. The van der Waals surface area contributed by atoms with Crippen molar-refractivity contribution < 1.29 is 9.90 Å². The molecule has 2 atom stereocenters. The van der Waals surface area contributed by atoms with Gasteiger partial charge < -0.3 is 20.2 Å². The molecule has 174 valence electrons. The molecule has 2 N–H and O–H groups in total. The first-order valence-corrected chi connectivity index (χ1v) is 11.4. The first-order valence-electron chi connectivity index (χ1n) is 11.0. The average molecular weight is 564 g/mol. The maximum absolute atomic E-state index is 12.7. The van der Waals surface area contributed by atoms with Crippen LogP contribution < -0.4 is 5.32 Å². The highest BCUT2D eigenvalue weighted by Gasteiger charge is 2.30. The Morgan fingerprint density at radius 2 is 1.71 bits per heavy atom. The van der Waals surface area contributed by atoms with Gasteiger partial charge in [0.25, 0.3) is 0 Å². The molecule has 2 unspecified atom stereocenters. The van der Waals surface area contributed by atoms with Gasteiger partial charge in [-0.15, -0.1) is 24.0 Å². The van der Waals surface area contributed by atoms with Crippen molar-refractivity contribution in [2.45, 2.75) is 38.8 Å². The standard InChI is InChI=1S/C22H34ClN5O2.HI/c1-3-24-22(25-16-20(29)18-6-8-19(23)9-7-18)28-14-12-26(13-15-28)17(2)21(30)27-10-4-5-11-27;/h6-9,17,20,29H,3-5,10-16H2,1-2H3,(H,24,25);1H. The molecule has 0 aromatic heterocycles. The van der Waals surface area contributed by atoms with E-state index in [1.165, 1.54) is 0 Å². The van der Waals surface area contributed by atoms with Crippen LogP contribution in [0, 0.1) is 0 Å². The molecule has 7 nitrogen and oxygen atoms in total. The number of piperazine rings is 1. The molecule has 2 aliphatic rings. The first kappa shape index (κ1) is 26.2. The number of benzene rings is 1. The molecule has 1 aromatic rings. The summed E-state index contributed by atoms with van der Waals surface area (Å²) in [6.07, 6.45) is 1.57. The molecule has 0 aliphatic carbocycles. The summed E-state index contributed by atoms with van der Waals surface area (Å²) in [5.41, 5.74) is 0.804. The number of guanidine groups is 1. The van der Waals surface area contributed by atoms with E-state index in [-0.39, 0.29) is 42.5 Å². The van der Waals surface area contributed by atoms with Crippen molar-refractivity contribution in [1.82, 2.24) is 20.0 Å². The number of hydrogen-bond acceptors (Lipinski definition) is 4. The van der Waals surface area contributed by atoms with Gasteiger partial charge >= 0.3 is 0 Å². The number of halogens is 2. The topological polar surface area (TPSA) is 71.4 Å². The van der Waals surface area contributed by atoms with Crippen molar-refractivity contribution in [2.24, 2.45) is 4.99 Å². The first-order chi connectivity index (χ1) is 14.5. The Morgan fingerprint density at radius 3 is 2.29 bits per heavy atom. The van der Waals surface area contributed by atoms with Crippen LogP contribution in [0.4, 0.5) is 0 Å². The summed E-state index contributed by atoms with van der Waals surface area (Å²) >= 11 is 5.92. The van der Waals surface area contributed by atoms with E-state index in [2.05, 4.69) is 20.1 Å². The number of hydrogen-bond donors (Lipinski definition) is 2. The molecule has 0 saturated carbocycles. The number of aliphatic imine (C=N–C) groups is 1. The zero-order chi connectivity index (χ0) is 21.5. The average Bonchev–Trinajstić information content (AvgIpc) is 3.31. The molecule has 0 spiro atoms. The Hall–Kier alpha value is -1.10. The van der Waals surface area contributed by atoms with Crippen LogP contribution >= 0.6 is 35.6 Å². The van der Waals surface area contributed by atoms with E-state index in [9.17, 15) is 9.90 Å². The van der Waals surface area contributed by atoms with Gasteiger partial charge in [-0.3, -0.25) is 14.7 Å². The molecule has 2 heterocycles. The fourth-order valence-corrected chi connectivity index (χ4v) is 4.19. The van der Waals surface area contributed by atoms with Crippen molar-refractivity contribution in [3.63, 3.8) is 0 Å². The number of amides is 1. The van der Waals surface area contributed by atoms with Gasteiger partial charge in [-0.2, -0.15) is 0 Å². The maximum Gasteiger partial charge on any atom is 0.239 e. The lowest BCUT2D eigenvalue weighted by atomic mass is 10.1. The highest BCUT2D eigenvalue weighted by atomic mass is 127. The summed E-state index contributed by atoms with van der Waals surface area (Å²) in [6, 6.07) is 7.13. The highest BCUT2D eigenvalue weighted by molar-refractivity contribution is 14.0. The molecule has 1 aromatic carbocycles. The van der Waals surface area contributed by atoms with E-state index in [0.29, 0.717) is 5.02 Å². The van der Waals surface area contributed by atoms with Crippen molar-refractivity contribution >= 4 is 47.4 Å². The fraction of sp³-hybridized carbons (Fsp3) is 0.636. The molecule has 0 radical (unpaired) electrons. The molecular formula is C22H35ClIN5O2. The summed E-state index contributed by atoms with van der Waals surface area (Å²) in [7, 11) is 0. The molecule has 2 saturated heterocycles. The van der Waals surface area contributed by atoms with Crippen LogP contribution in [0.3, 0.4) is 0 Å².